The van der Waals surface area contributed by atoms with Gasteiger partial charge in [-0.3, -0.25) is 9.78 Å². The molecule has 0 bridgehead atoms. The van der Waals surface area contributed by atoms with Crippen LogP contribution in [-0.2, 0) is 0 Å². The predicted molar refractivity (Wildman–Crippen MR) is 116 cm³/mol. The molecule has 0 saturated heterocycles. The van der Waals surface area contributed by atoms with Gasteiger partial charge < -0.3 is 10.6 Å². The van der Waals surface area contributed by atoms with Crippen LogP contribution in [0.3, 0.4) is 0 Å². The molecule has 6 heteroatoms. The van der Waals surface area contributed by atoms with Crippen LogP contribution < -0.4 is 10.6 Å². The Labute approximate surface area is 169 Å². The number of anilines is 3. The van der Waals surface area contributed by atoms with Gasteiger partial charge in [0.15, 0.2) is 0 Å². The number of hydrogen-bond acceptors (Lipinski definition) is 5. The molecule has 2 aromatic carbocycles. The van der Waals surface area contributed by atoms with Crippen molar-refractivity contribution >= 4 is 34.1 Å². The van der Waals surface area contributed by atoms with E-state index in [2.05, 4.69) is 31.7 Å². The lowest BCUT2D eigenvalue weighted by Gasteiger charge is -2.11. The number of nitrogens with one attached hydrogen (secondary N) is 2. The average molecular weight is 383 g/mol. The summed E-state index contributed by atoms with van der Waals surface area (Å²) < 4.78 is 0. The van der Waals surface area contributed by atoms with Crippen molar-refractivity contribution in [2.45, 2.75) is 20.8 Å². The number of pyridine rings is 1. The van der Waals surface area contributed by atoms with Crippen LogP contribution in [0.15, 0.2) is 60.8 Å². The van der Waals surface area contributed by atoms with Crippen LogP contribution in [0.1, 0.15) is 27.3 Å². The number of hydrogen-bond donors (Lipinski definition) is 2. The van der Waals surface area contributed by atoms with E-state index in [0.29, 0.717) is 17.3 Å². The van der Waals surface area contributed by atoms with Crippen LogP contribution in [0, 0.1) is 20.8 Å². The Morgan fingerprint density at radius 3 is 2.45 bits per heavy atom. The average Bonchev–Trinajstić information content (AvgIpc) is 2.67. The van der Waals surface area contributed by atoms with Crippen LogP contribution in [0.4, 0.5) is 17.3 Å². The maximum Gasteiger partial charge on any atom is 0.274 e. The number of para-hydroxylation sites is 1. The van der Waals surface area contributed by atoms with Crippen LogP contribution in [0.2, 0.25) is 0 Å². The first-order chi connectivity index (χ1) is 14.0. The lowest BCUT2D eigenvalue weighted by Crippen LogP contribution is -2.16. The van der Waals surface area contributed by atoms with E-state index >= 15 is 0 Å². The van der Waals surface area contributed by atoms with Gasteiger partial charge in [-0.2, -0.15) is 0 Å². The van der Waals surface area contributed by atoms with Crippen molar-refractivity contribution in [1.82, 2.24) is 15.0 Å². The molecule has 2 aromatic heterocycles. The van der Waals surface area contributed by atoms with Gasteiger partial charge in [-0.25, -0.2) is 9.97 Å². The summed E-state index contributed by atoms with van der Waals surface area (Å²) in [6, 6.07) is 17.3. The third-order valence-corrected chi connectivity index (χ3v) is 4.45. The third kappa shape index (κ3) is 4.21. The molecule has 0 saturated carbocycles. The molecule has 1 amide bonds. The van der Waals surface area contributed by atoms with Crippen molar-refractivity contribution in [3.8, 4) is 0 Å². The van der Waals surface area contributed by atoms with Crippen molar-refractivity contribution < 1.29 is 4.79 Å². The molecule has 0 unspecified atom stereocenters. The van der Waals surface area contributed by atoms with Crippen molar-refractivity contribution in [2.24, 2.45) is 0 Å². The first kappa shape index (κ1) is 18.6. The molecule has 4 aromatic rings. The molecule has 0 aliphatic carbocycles. The molecule has 4 rings (SSSR count). The van der Waals surface area contributed by atoms with E-state index in [1.807, 2.05) is 63.2 Å². The smallest absolute Gasteiger partial charge is 0.274 e. The molecule has 144 valence electrons. The Balaban J connectivity index is 1.62. The number of carbonyl (C=O) groups is 1. The monoisotopic (exact) mass is 383 g/mol. The topological polar surface area (TPSA) is 79.8 Å². The second-order valence-corrected chi connectivity index (χ2v) is 7.05. The standard InChI is InChI=1S/C23H21N5O/c1-14-10-15(2)12-18(11-14)26-23-25-16(3)13-20(28-23)22(29)27-19-8-4-6-17-7-5-9-24-21(17)19/h4-13H,1-3H3,(H,27,29)(H,25,26,28). The summed E-state index contributed by atoms with van der Waals surface area (Å²) in [7, 11) is 0. The zero-order valence-corrected chi connectivity index (χ0v) is 16.5. The highest BCUT2D eigenvalue weighted by Crippen LogP contribution is 2.22. The first-order valence-electron chi connectivity index (χ1n) is 9.34. The van der Waals surface area contributed by atoms with Gasteiger partial charge in [0.1, 0.15) is 5.69 Å². The molecule has 0 aliphatic rings. The third-order valence-electron chi connectivity index (χ3n) is 4.45. The van der Waals surface area contributed by atoms with Crippen LogP contribution >= 0.6 is 0 Å². The number of aryl methyl sites for hydroxylation is 3. The summed E-state index contributed by atoms with van der Waals surface area (Å²) in [6.07, 6.45) is 1.71. The Morgan fingerprint density at radius 2 is 1.66 bits per heavy atom. The van der Waals surface area contributed by atoms with Crippen LogP contribution in [0.25, 0.3) is 10.9 Å². The molecule has 0 fully saturated rings. The van der Waals surface area contributed by atoms with Gasteiger partial charge >= 0.3 is 0 Å². The van der Waals surface area contributed by atoms with Crippen molar-refractivity contribution in [3.05, 3.63) is 83.3 Å². The van der Waals surface area contributed by atoms with E-state index in [1.165, 1.54) is 0 Å². The maximum atomic E-state index is 12.9. The van der Waals surface area contributed by atoms with E-state index in [4.69, 9.17) is 0 Å². The van der Waals surface area contributed by atoms with E-state index in [1.54, 1.807) is 12.3 Å². The second kappa shape index (κ2) is 7.67. The van der Waals surface area contributed by atoms with Gasteiger partial charge in [-0.1, -0.05) is 24.3 Å². The minimum atomic E-state index is -0.308. The van der Waals surface area contributed by atoms with Crippen molar-refractivity contribution in [3.63, 3.8) is 0 Å². The molecular formula is C23H21N5O. The summed E-state index contributed by atoms with van der Waals surface area (Å²) >= 11 is 0. The number of aromatic nitrogens is 3. The lowest BCUT2D eigenvalue weighted by molar-refractivity contribution is 0.102. The molecular weight excluding hydrogens is 362 g/mol. The van der Waals surface area contributed by atoms with Crippen LogP contribution in [0.5, 0.6) is 0 Å². The quantitative estimate of drug-likeness (QED) is 0.521. The normalized spacial score (nSPS) is 10.7. The fourth-order valence-electron chi connectivity index (χ4n) is 3.31. The molecule has 0 radical (unpaired) electrons. The minimum Gasteiger partial charge on any atom is -0.324 e. The first-order valence-corrected chi connectivity index (χ1v) is 9.34. The predicted octanol–water partition coefficient (Wildman–Crippen LogP) is 4.95. The Kier molecular flexibility index (Phi) is 4.91. The summed E-state index contributed by atoms with van der Waals surface area (Å²) in [5, 5.41) is 7.08. The van der Waals surface area contributed by atoms with Gasteiger partial charge in [-0.15, -0.1) is 0 Å². The fourth-order valence-corrected chi connectivity index (χ4v) is 3.31. The van der Waals surface area contributed by atoms with E-state index < -0.39 is 0 Å². The summed E-state index contributed by atoms with van der Waals surface area (Å²) in [5.41, 5.74) is 5.54. The number of benzene rings is 2. The van der Waals surface area contributed by atoms with Crippen molar-refractivity contribution in [1.29, 1.82) is 0 Å². The van der Waals surface area contributed by atoms with E-state index in [9.17, 15) is 4.79 Å². The highest BCUT2D eigenvalue weighted by atomic mass is 16.1. The molecule has 2 N–H and O–H groups in total. The minimum absolute atomic E-state index is 0.289. The highest BCUT2D eigenvalue weighted by molar-refractivity contribution is 6.07. The second-order valence-electron chi connectivity index (χ2n) is 7.05. The van der Waals surface area contributed by atoms with Gasteiger partial charge in [0.2, 0.25) is 5.95 Å². The maximum absolute atomic E-state index is 12.9. The van der Waals surface area contributed by atoms with Gasteiger partial charge in [0.25, 0.3) is 5.91 Å². The van der Waals surface area contributed by atoms with Crippen molar-refractivity contribution in [2.75, 3.05) is 10.6 Å². The zero-order chi connectivity index (χ0) is 20.4. The SMILES string of the molecule is Cc1cc(C)cc(Nc2nc(C)cc(C(=O)Nc3cccc4cccnc34)n2)c1. The summed E-state index contributed by atoms with van der Waals surface area (Å²) in [4.78, 5) is 26.1. The molecule has 29 heavy (non-hydrogen) atoms. The Morgan fingerprint density at radius 1 is 0.897 bits per heavy atom. The fraction of sp³-hybridized carbons (Fsp3) is 0.130. The number of fused-ring (bicyclic) bond motifs is 1. The van der Waals surface area contributed by atoms with Gasteiger partial charge in [-0.05, 0) is 62.2 Å². The largest absolute Gasteiger partial charge is 0.324 e. The van der Waals surface area contributed by atoms with Gasteiger partial charge in [0.05, 0.1) is 11.2 Å². The number of carbonyl (C=O) groups excluding carboxylic acids is 1. The Bertz CT molecular complexity index is 1190. The summed E-state index contributed by atoms with van der Waals surface area (Å²) in [5.74, 6) is 0.0771. The number of rotatable bonds is 4. The molecule has 0 spiro atoms. The molecule has 2 heterocycles. The molecule has 6 nitrogen and oxygen atoms in total. The number of nitrogens with zero attached hydrogens (tertiary/aromatic N) is 3. The van der Waals surface area contributed by atoms with Crippen LogP contribution in [-0.4, -0.2) is 20.9 Å². The molecule has 0 atom stereocenters. The van der Waals surface area contributed by atoms with E-state index in [0.717, 1.165) is 27.7 Å². The zero-order valence-electron chi connectivity index (χ0n) is 16.5. The number of amides is 1. The summed E-state index contributed by atoms with van der Waals surface area (Å²) in [6.45, 7) is 5.91. The van der Waals surface area contributed by atoms with Gasteiger partial charge in [0, 0.05) is 23.0 Å². The van der Waals surface area contributed by atoms with E-state index in [-0.39, 0.29) is 11.6 Å². The highest BCUT2D eigenvalue weighted by Gasteiger charge is 2.13. The Hall–Kier alpha value is -3.80. The molecule has 0 aliphatic heterocycles. The lowest BCUT2D eigenvalue weighted by atomic mass is 10.1.